The Balaban J connectivity index is 2.40. The number of hydrogen-bond acceptors (Lipinski definition) is 4. The molecule has 1 aromatic heterocycles. The monoisotopic (exact) mass is 396 g/mol. The number of aromatic nitrogens is 1. The van der Waals surface area contributed by atoms with Crippen LogP contribution in [0.2, 0.25) is 5.02 Å². The third kappa shape index (κ3) is 3.83. The average molecular weight is 397 g/mol. The SMILES string of the molecule is Cc1nc(C(C)N(C)S(=O)(=O)c2ccc(C(F)(F)F)cc2Cl)oc1C. The number of halogens is 4. The summed E-state index contributed by atoms with van der Waals surface area (Å²) >= 11 is 5.80. The van der Waals surface area contributed by atoms with Gasteiger partial charge in [0, 0.05) is 7.05 Å². The van der Waals surface area contributed by atoms with Crippen molar-refractivity contribution in [3.05, 3.63) is 46.1 Å². The number of benzene rings is 1. The Hall–Kier alpha value is -1.58. The standard InChI is InChI=1S/C15H16ClF3N2O3S/c1-8-10(3)24-14(20-8)9(2)21(4)25(22,23)13-6-5-11(7-12(13)16)15(17,18)19/h5-7,9H,1-4H3. The Kier molecular flexibility index (Phi) is 5.23. The van der Waals surface area contributed by atoms with Gasteiger partial charge < -0.3 is 4.42 Å². The summed E-state index contributed by atoms with van der Waals surface area (Å²) in [5, 5.41) is -0.506. The lowest BCUT2D eigenvalue weighted by molar-refractivity contribution is -0.137. The fraction of sp³-hybridized carbons (Fsp3) is 0.400. The molecule has 2 rings (SSSR count). The Morgan fingerprint density at radius 3 is 2.32 bits per heavy atom. The molecule has 0 aliphatic heterocycles. The highest BCUT2D eigenvalue weighted by atomic mass is 35.5. The van der Waals surface area contributed by atoms with Crippen molar-refractivity contribution in [3.8, 4) is 0 Å². The number of oxazole rings is 1. The molecule has 0 aliphatic carbocycles. The maximum Gasteiger partial charge on any atom is 0.416 e. The molecule has 2 aromatic rings. The van der Waals surface area contributed by atoms with Gasteiger partial charge >= 0.3 is 6.18 Å². The van der Waals surface area contributed by atoms with Crippen LogP contribution in [0.4, 0.5) is 13.2 Å². The largest absolute Gasteiger partial charge is 0.444 e. The van der Waals surface area contributed by atoms with Crippen molar-refractivity contribution in [3.63, 3.8) is 0 Å². The number of hydrogen-bond donors (Lipinski definition) is 0. The zero-order valence-electron chi connectivity index (χ0n) is 13.8. The highest BCUT2D eigenvalue weighted by Crippen LogP contribution is 2.35. The summed E-state index contributed by atoms with van der Waals surface area (Å²) in [7, 11) is -2.87. The lowest BCUT2D eigenvalue weighted by Crippen LogP contribution is -2.30. The average Bonchev–Trinajstić information content (AvgIpc) is 2.84. The maximum absolute atomic E-state index is 12.7. The van der Waals surface area contributed by atoms with Crippen molar-refractivity contribution in [2.24, 2.45) is 0 Å². The first-order valence-electron chi connectivity index (χ1n) is 7.14. The van der Waals surface area contributed by atoms with Crippen molar-refractivity contribution >= 4 is 21.6 Å². The maximum atomic E-state index is 12.7. The molecule has 0 bridgehead atoms. The van der Waals surface area contributed by atoms with Gasteiger partial charge in [0.2, 0.25) is 15.9 Å². The van der Waals surface area contributed by atoms with E-state index in [2.05, 4.69) is 4.98 Å². The minimum atomic E-state index is -4.61. The van der Waals surface area contributed by atoms with Crippen LogP contribution in [0.3, 0.4) is 0 Å². The molecule has 138 valence electrons. The Labute approximate surface area is 148 Å². The van der Waals surface area contributed by atoms with Gasteiger partial charge in [-0.2, -0.15) is 17.5 Å². The van der Waals surface area contributed by atoms with E-state index >= 15 is 0 Å². The second-order valence-electron chi connectivity index (χ2n) is 5.53. The Bertz CT molecular complexity index is 874. The molecule has 1 aromatic carbocycles. The summed E-state index contributed by atoms with van der Waals surface area (Å²) in [5.41, 5.74) is -0.397. The molecule has 0 radical (unpaired) electrons. The number of sulfonamides is 1. The third-order valence-corrected chi connectivity index (χ3v) is 6.28. The summed E-state index contributed by atoms with van der Waals surface area (Å²) in [6.45, 7) is 4.97. The summed E-state index contributed by atoms with van der Waals surface area (Å²) in [6.07, 6.45) is -4.61. The van der Waals surface area contributed by atoms with E-state index in [1.54, 1.807) is 20.8 Å². The molecule has 0 aliphatic rings. The van der Waals surface area contributed by atoms with E-state index in [-0.39, 0.29) is 5.89 Å². The smallest absolute Gasteiger partial charge is 0.416 e. The fourth-order valence-electron chi connectivity index (χ4n) is 2.08. The van der Waals surface area contributed by atoms with Crippen LogP contribution in [0.15, 0.2) is 27.5 Å². The topological polar surface area (TPSA) is 63.4 Å². The van der Waals surface area contributed by atoms with Crippen molar-refractivity contribution in [2.45, 2.75) is 37.9 Å². The molecule has 0 fully saturated rings. The molecule has 1 heterocycles. The van der Waals surface area contributed by atoms with Gasteiger partial charge in [0.25, 0.3) is 0 Å². The Morgan fingerprint density at radius 2 is 1.88 bits per heavy atom. The molecule has 0 saturated carbocycles. The second-order valence-corrected chi connectivity index (χ2v) is 7.91. The van der Waals surface area contributed by atoms with Gasteiger partial charge in [-0.25, -0.2) is 13.4 Å². The molecule has 1 unspecified atom stereocenters. The van der Waals surface area contributed by atoms with E-state index in [9.17, 15) is 21.6 Å². The lowest BCUT2D eigenvalue weighted by atomic mass is 10.2. The minimum Gasteiger partial charge on any atom is -0.444 e. The van der Waals surface area contributed by atoms with Gasteiger partial charge in [-0.05, 0) is 39.0 Å². The van der Waals surface area contributed by atoms with Gasteiger partial charge in [-0.3, -0.25) is 0 Å². The highest BCUT2D eigenvalue weighted by Gasteiger charge is 2.34. The second kappa shape index (κ2) is 6.62. The molecule has 0 saturated heterocycles. The summed E-state index contributed by atoms with van der Waals surface area (Å²) in [6, 6.07) is 1.34. The predicted octanol–water partition coefficient (Wildman–Crippen LogP) is 4.35. The lowest BCUT2D eigenvalue weighted by Gasteiger charge is -2.22. The molecule has 5 nitrogen and oxygen atoms in total. The van der Waals surface area contributed by atoms with Crippen LogP contribution in [0.5, 0.6) is 0 Å². The van der Waals surface area contributed by atoms with Gasteiger partial charge in [0.1, 0.15) is 10.7 Å². The van der Waals surface area contributed by atoms with Crippen LogP contribution in [0, 0.1) is 13.8 Å². The van der Waals surface area contributed by atoms with E-state index in [1.165, 1.54) is 7.05 Å². The van der Waals surface area contributed by atoms with E-state index in [0.29, 0.717) is 23.6 Å². The summed E-state index contributed by atoms with van der Waals surface area (Å²) in [4.78, 5) is 3.73. The molecule has 0 amide bonds. The fourth-order valence-corrected chi connectivity index (χ4v) is 3.92. The van der Waals surface area contributed by atoms with Crippen LogP contribution in [0.25, 0.3) is 0 Å². The number of rotatable bonds is 4. The van der Waals surface area contributed by atoms with E-state index in [1.807, 2.05) is 0 Å². The molecular formula is C15H16ClF3N2O3S. The number of aryl methyl sites for hydroxylation is 2. The number of nitrogens with zero attached hydrogens (tertiary/aromatic N) is 2. The zero-order chi connectivity index (χ0) is 19.2. The summed E-state index contributed by atoms with van der Waals surface area (Å²) < 4.78 is 69.9. The molecule has 1 atom stereocenters. The van der Waals surface area contributed by atoms with E-state index in [0.717, 1.165) is 10.4 Å². The van der Waals surface area contributed by atoms with Crippen LogP contribution < -0.4 is 0 Å². The van der Waals surface area contributed by atoms with Gasteiger partial charge in [-0.15, -0.1) is 0 Å². The highest BCUT2D eigenvalue weighted by molar-refractivity contribution is 7.89. The molecular weight excluding hydrogens is 381 g/mol. The van der Waals surface area contributed by atoms with Crippen molar-refractivity contribution in [2.75, 3.05) is 7.05 Å². The minimum absolute atomic E-state index is 0.184. The Morgan fingerprint density at radius 1 is 1.28 bits per heavy atom. The molecule has 0 N–H and O–H groups in total. The van der Waals surface area contributed by atoms with Crippen LogP contribution >= 0.6 is 11.6 Å². The van der Waals surface area contributed by atoms with Crippen LogP contribution in [-0.4, -0.2) is 24.8 Å². The molecule has 25 heavy (non-hydrogen) atoms. The van der Waals surface area contributed by atoms with Crippen molar-refractivity contribution in [1.82, 2.24) is 9.29 Å². The van der Waals surface area contributed by atoms with Crippen LogP contribution in [0.1, 0.15) is 35.9 Å². The van der Waals surface area contributed by atoms with Gasteiger partial charge in [0.15, 0.2) is 0 Å². The predicted molar refractivity (Wildman–Crippen MR) is 85.8 cm³/mol. The van der Waals surface area contributed by atoms with Crippen molar-refractivity contribution < 1.29 is 26.0 Å². The van der Waals surface area contributed by atoms with Crippen molar-refractivity contribution in [1.29, 1.82) is 0 Å². The first-order valence-corrected chi connectivity index (χ1v) is 8.96. The molecule has 0 spiro atoms. The number of alkyl halides is 3. The van der Waals surface area contributed by atoms with E-state index in [4.69, 9.17) is 16.0 Å². The third-order valence-electron chi connectivity index (χ3n) is 3.86. The molecule has 10 heteroatoms. The summed E-state index contributed by atoms with van der Waals surface area (Å²) in [5.74, 6) is 0.740. The van der Waals surface area contributed by atoms with Crippen LogP contribution in [-0.2, 0) is 16.2 Å². The van der Waals surface area contributed by atoms with Gasteiger partial charge in [0.05, 0.1) is 22.3 Å². The zero-order valence-corrected chi connectivity index (χ0v) is 15.4. The van der Waals surface area contributed by atoms with E-state index < -0.39 is 37.7 Å². The van der Waals surface area contributed by atoms with Gasteiger partial charge in [-0.1, -0.05) is 11.6 Å². The first kappa shape index (κ1) is 19.7. The normalized spacial score (nSPS) is 14.1. The quantitative estimate of drug-likeness (QED) is 0.771. The first-order chi connectivity index (χ1) is 11.4.